The number of aliphatic carboxylic acids is 1. The molecule has 0 aromatic carbocycles. The number of ether oxygens (including phenoxy) is 1. The maximum absolute atomic E-state index is 12.3. The SMILES string of the molecule is CCCCCCCCCCCCCCCCCCCC(=O)OC(CC)CCCCCCCCCCCCCCC(=O)O. The molecule has 1 N–H and O–H groups in total. The fraction of sp³-hybridized carbons (Fsp3) is 0.947. The van der Waals surface area contributed by atoms with Crippen LogP contribution in [-0.4, -0.2) is 23.1 Å². The number of rotatable bonds is 35. The summed E-state index contributed by atoms with van der Waals surface area (Å²) in [6, 6.07) is 0. The van der Waals surface area contributed by atoms with Gasteiger partial charge in [-0.25, -0.2) is 0 Å². The van der Waals surface area contributed by atoms with E-state index in [9.17, 15) is 9.59 Å². The van der Waals surface area contributed by atoms with Gasteiger partial charge in [-0.3, -0.25) is 9.59 Å². The van der Waals surface area contributed by atoms with E-state index in [1.54, 1.807) is 0 Å². The lowest BCUT2D eigenvalue weighted by Gasteiger charge is -2.16. The van der Waals surface area contributed by atoms with Gasteiger partial charge < -0.3 is 9.84 Å². The molecule has 0 saturated heterocycles. The summed E-state index contributed by atoms with van der Waals surface area (Å²) in [5.41, 5.74) is 0. The number of hydrogen-bond acceptors (Lipinski definition) is 3. The quantitative estimate of drug-likeness (QED) is 0.0585. The van der Waals surface area contributed by atoms with E-state index in [2.05, 4.69) is 13.8 Å². The molecule has 0 aromatic heterocycles. The van der Waals surface area contributed by atoms with Crippen molar-refractivity contribution in [2.75, 3.05) is 0 Å². The van der Waals surface area contributed by atoms with Crippen molar-refractivity contribution in [2.24, 2.45) is 0 Å². The Morgan fingerprint density at radius 2 is 0.762 bits per heavy atom. The van der Waals surface area contributed by atoms with Crippen molar-refractivity contribution >= 4 is 11.9 Å². The molecule has 0 aromatic rings. The van der Waals surface area contributed by atoms with E-state index >= 15 is 0 Å². The van der Waals surface area contributed by atoms with Crippen molar-refractivity contribution in [3.63, 3.8) is 0 Å². The molecule has 42 heavy (non-hydrogen) atoms. The maximum Gasteiger partial charge on any atom is 0.306 e. The van der Waals surface area contributed by atoms with Crippen LogP contribution < -0.4 is 0 Å². The van der Waals surface area contributed by atoms with Crippen LogP contribution in [0.1, 0.15) is 226 Å². The van der Waals surface area contributed by atoms with Crippen LogP contribution in [0.5, 0.6) is 0 Å². The summed E-state index contributed by atoms with van der Waals surface area (Å²) in [7, 11) is 0. The smallest absolute Gasteiger partial charge is 0.306 e. The zero-order valence-electron chi connectivity index (χ0n) is 28.6. The molecule has 0 saturated carbocycles. The lowest BCUT2D eigenvalue weighted by molar-refractivity contribution is -0.149. The van der Waals surface area contributed by atoms with E-state index < -0.39 is 5.97 Å². The Labute approximate surface area is 262 Å². The molecule has 0 amide bonds. The second-order valence-electron chi connectivity index (χ2n) is 13.1. The molecule has 4 nitrogen and oxygen atoms in total. The molecule has 1 atom stereocenters. The second kappa shape index (κ2) is 34.4. The van der Waals surface area contributed by atoms with E-state index in [0.717, 1.165) is 38.5 Å². The molecule has 1 unspecified atom stereocenters. The second-order valence-corrected chi connectivity index (χ2v) is 13.1. The normalized spacial score (nSPS) is 12.0. The Bertz CT molecular complexity index is 561. The van der Waals surface area contributed by atoms with Gasteiger partial charge in [0.1, 0.15) is 6.10 Å². The topological polar surface area (TPSA) is 63.6 Å². The molecule has 0 spiro atoms. The monoisotopic (exact) mass is 595 g/mol. The van der Waals surface area contributed by atoms with Crippen LogP contribution >= 0.6 is 0 Å². The highest BCUT2D eigenvalue weighted by Crippen LogP contribution is 2.17. The Balaban J connectivity index is 3.39. The summed E-state index contributed by atoms with van der Waals surface area (Å²) >= 11 is 0. The van der Waals surface area contributed by atoms with E-state index in [4.69, 9.17) is 9.84 Å². The van der Waals surface area contributed by atoms with Crippen LogP contribution in [0.3, 0.4) is 0 Å². The van der Waals surface area contributed by atoms with E-state index in [1.165, 1.54) is 161 Å². The van der Waals surface area contributed by atoms with Crippen LogP contribution in [0.15, 0.2) is 0 Å². The Morgan fingerprint density at radius 3 is 1.10 bits per heavy atom. The molecule has 250 valence electrons. The number of carbonyl (C=O) groups is 2. The van der Waals surface area contributed by atoms with Crippen molar-refractivity contribution in [1.29, 1.82) is 0 Å². The van der Waals surface area contributed by atoms with E-state index in [0.29, 0.717) is 12.8 Å². The number of carbonyl (C=O) groups excluding carboxylic acids is 1. The number of carboxylic acids is 1. The van der Waals surface area contributed by atoms with Crippen LogP contribution in [0.4, 0.5) is 0 Å². The summed E-state index contributed by atoms with van der Waals surface area (Å²) in [4.78, 5) is 22.8. The van der Waals surface area contributed by atoms with E-state index in [-0.39, 0.29) is 12.1 Å². The van der Waals surface area contributed by atoms with Gasteiger partial charge in [-0.15, -0.1) is 0 Å². The first kappa shape index (κ1) is 40.9. The van der Waals surface area contributed by atoms with Crippen molar-refractivity contribution in [3.05, 3.63) is 0 Å². The van der Waals surface area contributed by atoms with Crippen molar-refractivity contribution in [2.45, 2.75) is 232 Å². The summed E-state index contributed by atoms with van der Waals surface area (Å²) in [5.74, 6) is -0.651. The maximum atomic E-state index is 12.3. The van der Waals surface area contributed by atoms with Crippen molar-refractivity contribution in [3.8, 4) is 0 Å². The average Bonchev–Trinajstić information content (AvgIpc) is 2.98. The minimum Gasteiger partial charge on any atom is -0.481 e. The molecular weight excluding hydrogens is 520 g/mol. The van der Waals surface area contributed by atoms with Crippen LogP contribution in [0, 0.1) is 0 Å². The molecule has 0 aliphatic carbocycles. The van der Waals surface area contributed by atoms with Gasteiger partial charge in [-0.05, 0) is 32.1 Å². The highest BCUT2D eigenvalue weighted by atomic mass is 16.5. The zero-order valence-corrected chi connectivity index (χ0v) is 28.6. The summed E-state index contributed by atoms with van der Waals surface area (Å²) in [6.07, 6.45) is 40.7. The number of esters is 1. The van der Waals surface area contributed by atoms with Gasteiger partial charge in [-0.1, -0.05) is 181 Å². The van der Waals surface area contributed by atoms with Crippen molar-refractivity contribution < 1.29 is 19.4 Å². The summed E-state index contributed by atoms with van der Waals surface area (Å²) in [5, 5.41) is 8.65. The molecule has 0 heterocycles. The fourth-order valence-corrected chi connectivity index (χ4v) is 6.00. The van der Waals surface area contributed by atoms with Gasteiger partial charge in [0.15, 0.2) is 0 Å². The van der Waals surface area contributed by atoms with Gasteiger partial charge >= 0.3 is 11.9 Å². The van der Waals surface area contributed by atoms with Crippen LogP contribution in [-0.2, 0) is 14.3 Å². The molecule has 0 radical (unpaired) electrons. The molecule has 0 aliphatic rings. The summed E-state index contributed by atoms with van der Waals surface area (Å²) in [6.45, 7) is 4.43. The predicted octanol–water partition coefficient (Wildman–Crippen LogP) is 12.9. The van der Waals surface area contributed by atoms with E-state index in [1.807, 2.05) is 0 Å². The molecule has 0 aliphatic heterocycles. The predicted molar refractivity (Wildman–Crippen MR) is 181 cm³/mol. The molecular formula is C38H74O4. The van der Waals surface area contributed by atoms with Gasteiger partial charge in [0.05, 0.1) is 0 Å². The van der Waals surface area contributed by atoms with Crippen LogP contribution in [0.2, 0.25) is 0 Å². The third-order valence-electron chi connectivity index (χ3n) is 8.90. The van der Waals surface area contributed by atoms with Gasteiger partial charge in [0.2, 0.25) is 0 Å². The Kier molecular flexibility index (Phi) is 33.6. The van der Waals surface area contributed by atoms with Crippen LogP contribution in [0.25, 0.3) is 0 Å². The van der Waals surface area contributed by atoms with Gasteiger partial charge in [-0.2, -0.15) is 0 Å². The summed E-state index contributed by atoms with van der Waals surface area (Å²) < 4.78 is 5.78. The first-order valence-corrected chi connectivity index (χ1v) is 19.0. The third kappa shape index (κ3) is 33.4. The minimum absolute atomic E-state index is 0.0182. The first-order chi connectivity index (χ1) is 20.6. The number of unbranched alkanes of at least 4 members (excludes halogenated alkanes) is 27. The third-order valence-corrected chi connectivity index (χ3v) is 8.90. The largest absolute Gasteiger partial charge is 0.481 e. The van der Waals surface area contributed by atoms with Gasteiger partial charge in [0.25, 0.3) is 0 Å². The Hall–Kier alpha value is -1.06. The molecule has 4 heteroatoms. The average molecular weight is 595 g/mol. The van der Waals surface area contributed by atoms with Gasteiger partial charge in [0, 0.05) is 12.8 Å². The standard InChI is InChI=1S/C38H74O4/c1-3-5-6-7-8-9-10-11-12-13-14-15-20-23-26-29-32-35-38(41)42-36(4-2)33-30-27-24-21-18-16-17-19-22-25-28-31-34-37(39)40/h36H,3-35H2,1-2H3,(H,39,40). The zero-order chi connectivity index (χ0) is 30.8. The first-order valence-electron chi connectivity index (χ1n) is 19.0. The highest BCUT2D eigenvalue weighted by Gasteiger charge is 2.12. The van der Waals surface area contributed by atoms with Crippen molar-refractivity contribution in [1.82, 2.24) is 0 Å². The Morgan fingerprint density at radius 1 is 0.452 bits per heavy atom. The minimum atomic E-state index is -0.669. The number of hydrogen-bond donors (Lipinski definition) is 1. The molecule has 0 bridgehead atoms. The fourth-order valence-electron chi connectivity index (χ4n) is 6.00. The lowest BCUT2D eigenvalue weighted by atomic mass is 10.0. The lowest BCUT2D eigenvalue weighted by Crippen LogP contribution is -2.17. The number of carboxylic acid groups (broad SMARTS) is 1. The molecule has 0 fully saturated rings. The molecule has 0 rings (SSSR count). The highest BCUT2D eigenvalue weighted by molar-refractivity contribution is 5.69.